The zero-order valence-corrected chi connectivity index (χ0v) is 13.7. The van der Waals surface area contributed by atoms with Crippen LogP contribution < -0.4 is 5.32 Å². The van der Waals surface area contributed by atoms with Crippen molar-refractivity contribution < 1.29 is 0 Å². The molecule has 19 heavy (non-hydrogen) atoms. The second kappa shape index (κ2) is 7.28. The number of hydrogen-bond donors (Lipinski definition) is 1. The first kappa shape index (κ1) is 14.8. The van der Waals surface area contributed by atoms with E-state index in [-0.39, 0.29) is 0 Å². The third-order valence-corrected chi connectivity index (χ3v) is 5.61. The van der Waals surface area contributed by atoms with Gasteiger partial charge >= 0.3 is 0 Å². The molecule has 0 saturated heterocycles. The summed E-state index contributed by atoms with van der Waals surface area (Å²) < 4.78 is 2.02. The Hall–Kier alpha value is -0.560. The maximum absolute atomic E-state index is 4.22. The Balaban J connectivity index is 2.18. The van der Waals surface area contributed by atoms with Crippen molar-refractivity contribution in [2.45, 2.75) is 34.0 Å². The van der Waals surface area contributed by atoms with Crippen molar-refractivity contribution >= 4 is 34.9 Å². The average Bonchev–Trinajstić information content (AvgIpc) is 2.86. The highest BCUT2D eigenvalue weighted by atomic mass is 32.2. The van der Waals surface area contributed by atoms with Gasteiger partial charge in [0.1, 0.15) is 0 Å². The molecule has 0 unspecified atom stereocenters. The molecule has 0 radical (unpaired) electrons. The van der Waals surface area contributed by atoms with Crippen molar-refractivity contribution in [1.29, 1.82) is 0 Å². The van der Waals surface area contributed by atoms with Crippen LogP contribution in [0.25, 0.3) is 0 Å². The normalized spacial score (nSPS) is 10.9. The predicted molar refractivity (Wildman–Crippen MR) is 84.4 cm³/mol. The van der Waals surface area contributed by atoms with Gasteiger partial charge in [-0.1, -0.05) is 59.5 Å². The second-order valence-electron chi connectivity index (χ2n) is 4.03. The van der Waals surface area contributed by atoms with E-state index < -0.39 is 0 Å². The number of nitrogens with zero attached hydrogens (tertiary/aromatic N) is 2. The lowest BCUT2D eigenvalue weighted by Gasteiger charge is -2.09. The lowest BCUT2D eigenvalue weighted by molar-refractivity contribution is 0.717. The molecule has 0 aliphatic heterocycles. The number of nitrogens with one attached hydrogen (secondary N) is 1. The van der Waals surface area contributed by atoms with E-state index in [1.165, 1.54) is 16.0 Å². The first-order valence-corrected chi connectivity index (χ1v) is 8.94. The van der Waals surface area contributed by atoms with Gasteiger partial charge in [-0.2, -0.15) is 0 Å². The second-order valence-corrected chi connectivity index (χ2v) is 7.35. The molecule has 0 aliphatic rings. The Labute approximate surface area is 126 Å². The molecule has 0 amide bonds. The molecule has 0 spiro atoms. The van der Waals surface area contributed by atoms with E-state index in [4.69, 9.17) is 0 Å². The van der Waals surface area contributed by atoms with Crippen molar-refractivity contribution in [2.24, 2.45) is 0 Å². The van der Waals surface area contributed by atoms with Crippen LogP contribution in [-0.4, -0.2) is 23.0 Å². The zero-order chi connectivity index (χ0) is 13.7. The third kappa shape index (κ3) is 4.21. The van der Waals surface area contributed by atoms with Gasteiger partial charge in [0.05, 0.1) is 0 Å². The maximum Gasteiger partial charge on any atom is 0.179 e. The van der Waals surface area contributed by atoms with Crippen LogP contribution >= 0.6 is 34.9 Å². The summed E-state index contributed by atoms with van der Waals surface area (Å²) in [5, 5.41) is 11.7. The highest BCUT2D eigenvalue weighted by molar-refractivity contribution is 8.03. The molecule has 0 fully saturated rings. The monoisotopic (exact) mass is 311 g/mol. The molecule has 102 valence electrons. The molecule has 2 rings (SSSR count). The van der Waals surface area contributed by atoms with Gasteiger partial charge in [-0.15, -0.1) is 10.2 Å². The average molecular weight is 312 g/mol. The van der Waals surface area contributed by atoms with Crippen LogP contribution in [0.5, 0.6) is 0 Å². The minimum Gasteiger partial charge on any atom is -0.313 e. The van der Waals surface area contributed by atoms with Crippen molar-refractivity contribution in [3.63, 3.8) is 0 Å². The topological polar surface area (TPSA) is 37.8 Å². The highest BCUT2D eigenvalue weighted by Crippen LogP contribution is 2.34. The van der Waals surface area contributed by atoms with Crippen LogP contribution in [0.4, 0.5) is 0 Å². The number of rotatable bonds is 6. The molecule has 0 saturated carbocycles. The molecular formula is C13H17N3S3. The molecule has 1 heterocycles. The summed E-state index contributed by atoms with van der Waals surface area (Å²) in [5.74, 6) is 0. The van der Waals surface area contributed by atoms with Crippen LogP contribution in [0.2, 0.25) is 0 Å². The first-order valence-electron chi connectivity index (χ1n) is 6.08. The number of aryl methyl sites for hydroxylation is 1. The molecular weight excluding hydrogens is 294 g/mol. The van der Waals surface area contributed by atoms with Crippen molar-refractivity contribution in [2.75, 3.05) is 12.8 Å². The van der Waals surface area contributed by atoms with Crippen LogP contribution in [0.15, 0.2) is 31.8 Å². The van der Waals surface area contributed by atoms with E-state index >= 15 is 0 Å². The lowest BCUT2D eigenvalue weighted by atomic mass is 10.1. The van der Waals surface area contributed by atoms with Crippen molar-refractivity contribution in [3.8, 4) is 0 Å². The Morgan fingerprint density at radius 1 is 1.26 bits per heavy atom. The summed E-state index contributed by atoms with van der Waals surface area (Å²) in [6.07, 6.45) is 2.03. The molecule has 0 atom stereocenters. The Morgan fingerprint density at radius 2 is 2.05 bits per heavy atom. The van der Waals surface area contributed by atoms with Gasteiger partial charge < -0.3 is 5.32 Å². The summed E-state index contributed by atoms with van der Waals surface area (Å²) >= 11 is 4.99. The van der Waals surface area contributed by atoms with Crippen molar-refractivity contribution in [1.82, 2.24) is 15.5 Å². The summed E-state index contributed by atoms with van der Waals surface area (Å²) in [4.78, 5) is 1.26. The highest BCUT2D eigenvalue weighted by Gasteiger charge is 2.09. The first-order chi connectivity index (χ1) is 9.22. The zero-order valence-electron chi connectivity index (χ0n) is 11.3. The Kier molecular flexibility index (Phi) is 5.69. The lowest BCUT2D eigenvalue weighted by Crippen LogP contribution is -2.12. The predicted octanol–water partition coefficient (Wildman–Crippen LogP) is 3.83. The van der Waals surface area contributed by atoms with Gasteiger partial charge in [0, 0.05) is 11.4 Å². The Bertz CT molecular complexity index is 540. The van der Waals surface area contributed by atoms with E-state index in [0.29, 0.717) is 0 Å². The minimum atomic E-state index is 0.898. The smallest absolute Gasteiger partial charge is 0.179 e. The molecule has 1 N–H and O–H groups in total. The van der Waals surface area contributed by atoms with Gasteiger partial charge in [0.25, 0.3) is 0 Å². The van der Waals surface area contributed by atoms with E-state index in [1.807, 2.05) is 6.26 Å². The Morgan fingerprint density at radius 3 is 2.74 bits per heavy atom. The SMILES string of the molecule is CCNCc1cc(C)ccc1Sc1nnc(SC)s1. The van der Waals surface area contributed by atoms with Gasteiger partial charge in [-0.25, -0.2) is 0 Å². The molecule has 1 aromatic carbocycles. The van der Waals surface area contributed by atoms with E-state index in [9.17, 15) is 0 Å². The summed E-state index contributed by atoms with van der Waals surface area (Å²) in [6, 6.07) is 6.56. The quantitative estimate of drug-likeness (QED) is 0.821. The van der Waals surface area contributed by atoms with Crippen LogP contribution in [0.3, 0.4) is 0 Å². The number of aromatic nitrogens is 2. The van der Waals surface area contributed by atoms with Gasteiger partial charge in [-0.3, -0.25) is 0 Å². The minimum absolute atomic E-state index is 0.898. The molecule has 6 heteroatoms. The fourth-order valence-electron chi connectivity index (χ4n) is 1.62. The van der Waals surface area contributed by atoms with E-state index in [2.05, 4.69) is 47.6 Å². The van der Waals surface area contributed by atoms with Gasteiger partial charge in [0.15, 0.2) is 8.68 Å². The number of hydrogen-bond acceptors (Lipinski definition) is 6. The molecule has 3 nitrogen and oxygen atoms in total. The maximum atomic E-state index is 4.22. The molecule has 0 aliphatic carbocycles. The fourth-order valence-corrected chi connectivity index (χ4v) is 4.12. The van der Waals surface area contributed by atoms with Crippen molar-refractivity contribution in [3.05, 3.63) is 29.3 Å². The molecule has 1 aromatic heterocycles. The van der Waals surface area contributed by atoms with Gasteiger partial charge in [0.2, 0.25) is 0 Å². The number of benzene rings is 1. The molecule has 0 bridgehead atoms. The van der Waals surface area contributed by atoms with E-state index in [0.717, 1.165) is 21.8 Å². The largest absolute Gasteiger partial charge is 0.313 e. The summed E-state index contributed by atoms with van der Waals surface area (Å²) in [5.41, 5.74) is 2.62. The van der Waals surface area contributed by atoms with Crippen LogP contribution in [0, 0.1) is 6.92 Å². The van der Waals surface area contributed by atoms with E-state index in [1.54, 1.807) is 34.9 Å². The summed E-state index contributed by atoms with van der Waals surface area (Å²) in [6.45, 7) is 6.13. The standard InChI is InChI=1S/C13H17N3S3/c1-4-14-8-10-7-9(2)5-6-11(10)18-13-16-15-12(17-3)19-13/h5-7,14H,4,8H2,1-3H3. The van der Waals surface area contributed by atoms with Gasteiger partial charge in [-0.05, 0) is 31.4 Å². The summed E-state index contributed by atoms with van der Waals surface area (Å²) in [7, 11) is 0. The number of thioether (sulfide) groups is 1. The van der Waals surface area contributed by atoms with Crippen LogP contribution in [-0.2, 0) is 6.54 Å². The third-order valence-electron chi connectivity index (χ3n) is 2.54. The van der Waals surface area contributed by atoms with Crippen LogP contribution in [0.1, 0.15) is 18.1 Å². The molecule has 2 aromatic rings. The fraction of sp³-hybridized carbons (Fsp3) is 0.385.